The van der Waals surface area contributed by atoms with Crippen LogP contribution in [0.5, 0.6) is 0 Å². The fourth-order valence-corrected chi connectivity index (χ4v) is 5.20. The molecule has 1 aliphatic rings. The number of aromatic nitrogens is 3. The number of likely N-dealkylation sites (tertiary alicyclic amines) is 1. The van der Waals surface area contributed by atoms with Crippen molar-refractivity contribution in [2.24, 2.45) is 5.92 Å². The van der Waals surface area contributed by atoms with Crippen LogP contribution in [0.2, 0.25) is 0 Å². The average molecular weight is 398 g/mol. The van der Waals surface area contributed by atoms with E-state index in [0.717, 1.165) is 25.2 Å². The number of amides is 1. The molecule has 3 rings (SSSR count). The van der Waals surface area contributed by atoms with Crippen molar-refractivity contribution in [2.75, 3.05) is 19.6 Å². The van der Waals surface area contributed by atoms with Crippen molar-refractivity contribution >= 4 is 27.3 Å². The minimum Gasteiger partial charge on any atom is -0.342 e. The molecule has 8 nitrogen and oxygen atoms in total. The molecule has 2 N–H and O–H groups in total. The summed E-state index contributed by atoms with van der Waals surface area (Å²) in [5.41, 5.74) is 0. The molecule has 0 radical (unpaired) electrons. The molecule has 1 atom stereocenters. The molecule has 26 heavy (non-hydrogen) atoms. The number of carbonyl (C=O) groups is 1. The lowest BCUT2D eigenvalue weighted by atomic mass is 9.98. The molecule has 0 bridgehead atoms. The zero-order chi connectivity index (χ0) is 18.6. The SMILES string of the molecule is Cc1nc(CCC(=O)N2CCC[C@@H](CNS(=O)(=O)c3cccs3)C2)n[nH]1. The minimum atomic E-state index is -3.45. The molecule has 0 saturated carbocycles. The van der Waals surface area contributed by atoms with Gasteiger partial charge >= 0.3 is 0 Å². The molecule has 0 aliphatic carbocycles. The molecule has 1 amide bonds. The number of carbonyl (C=O) groups excluding carboxylic acids is 1. The second-order valence-electron chi connectivity index (χ2n) is 6.47. The van der Waals surface area contributed by atoms with Crippen LogP contribution in [0.25, 0.3) is 0 Å². The van der Waals surface area contributed by atoms with Crippen LogP contribution in [0.3, 0.4) is 0 Å². The largest absolute Gasteiger partial charge is 0.342 e. The summed E-state index contributed by atoms with van der Waals surface area (Å²) in [6.45, 7) is 3.48. The smallest absolute Gasteiger partial charge is 0.250 e. The molecule has 1 fully saturated rings. The summed E-state index contributed by atoms with van der Waals surface area (Å²) in [4.78, 5) is 18.5. The maximum Gasteiger partial charge on any atom is 0.250 e. The van der Waals surface area contributed by atoms with Crippen LogP contribution in [0, 0.1) is 12.8 Å². The Balaban J connectivity index is 1.48. The summed E-state index contributed by atoms with van der Waals surface area (Å²) in [7, 11) is -3.45. The van der Waals surface area contributed by atoms with Crippen molar-refractivity contribution in [3.63, 3.8) is 0 Å². The zero-order valence-electron chi connectivity index (χ0n) is 14.6. The van der Waals surface area contributed by atoms with Crippen molar-refractivity contribution in [3.05, 3.63) is 29.2 Å². The van der Waals surface area contributed by atoms with E-state index in [1.807, 2.05) is 11.8 Å². The van der Waals surface area contributed by atoms with E-state index in [9.17, 15) is 13.2 Å². The number of hydrogen-bond donors (Lipinski definition) is 2. The molecular weight excluding hydrogens is 374 g/mol. The highest BCUT2D eigenvalue weighted by Gasteiger charge is 2.25. The summed E-state index contributed by atoms with van der Waals surface area (Å²) in [5, 5.41) is 8.56. The third-order valence-electron chi connectivity index (χ3n) is 4.40. The van der Waals surface area contributed by atoms with Gasteiger partial charge in [0.25, 0.3) is 0 Å². The highest BCUT2D eigenvalue weighted by Crippen LogP contribution is 2.19. The first-order valence-electron chi connectivity index (χ1n) is 8.63. The van der Waals surface area contributed by atoms with Gasteiger partial charge in [0, 0.05) is 32.5 Å². The van der Waals surface area contributed by atoms with Gasteiger partial charge in [0.2, 0.25) is 15.9 Å². The first kappa shape index (κ1) is 19.0. The molecule has 0 aromatic carbocycles. The van der Waals surface area contributed by atoms with Gasteiger partial charge in [0.1, 0.15) is 10.0 Å². The third kappa shape index (κ3) is 4.89. The van der Waals surface area contributed by atoms with Gasteiger partial charge in [-0.25, -0.2) is 18.1 Å². The van der Waals surface area contributed by atoms with E-state index in [4.69, 9.17) is 0 Å². The number of rotatable bonds is 7. The lowest BCUT2D eigenvalue weighted by Gasteiger charge is -2.32. The summed E-state index contributed by atoms with van der Waals surface area (Å²) < 4.78 is 27.4. The minimum absolute atomic E-state index is 0.0678. The molecule has 3 heterocycles. The Morgan fingerprint density at radius 3 is 3.04 bits per heavy atom. The van der Waals surface area contributed by atoms with Crippen molar-refractivity contribution in [1.29, 1.82) is 0 Å². The van der Waals surface area contributed by atoms with Crippen molar-refractivity contribution in [3.8, 4) is 0 Å². The molecule has 0 unspecified atom stereocenters. The number of nitrogens with zero attached hydrogens (tertiary/aromatic N) is 3. The fourth-order valence-electron chi connectivity index (χ4n) is 3.05. The second-order valence-corrected chi connectivity index (χ2v) is 9.41. The Hall–Kier alpha value is -1.78. The number of thiophene rings is 1. The van der Waals surface area contributed by atoms with Gasteiger partial charge in [0.15, 0.2) is 5.82 Å². The van der Waals surface area contributed by atoms with E-state index in [1.165, 1.54) is 11.3 Å². The number of hydrogen-bond acceptors (Lipinski definition) is 6. The van der Waals surface area contributed by atoms with Crippen LogP contribution in [0.15, 0.2) is 21.7 Å². The third-order valence-corrected chi connectivity index (χ3v) is 7.22. The molecular formula is C16H23N5O3S2. The van der Waals surface area contributed by atoms with E-state index in [1.54, 1.807) is 17.5 Å². The molecule has 2 aromatic rings. The fraction of sp³-hybridized carbons (Fsp3) is 0.562. The number of sulfonamides is 1. The van der Waals surface area contributed by atoms with Gasteiger partial charge in [-0.1, -0.05) is 6.07 Å². The predicted molar refractivity (Wildman–Crippen MR) is 98.3 cm³/mol. The molecule has 10 heteroatoms. The number of piperidine rings is 1. The molecule has 1 aliphatic heterocycles. The summed E-state index contributed by atoms with van der Waals surface area (Å²) in [6, 6.07) is 3.31. The van der Waals surface area contributed by atoms with E-state index >= 15 is 0 Å². The Morgan fingerprint density at radius 1 is 1.50 bits per heavy atom. The van der Waals surface area contributed by atoms with E-state index < -0.39 is 10.0 Å². The highest BCUT2D eigenvalue weighted by molar-refractivity contribution is 7.91. The van der Waals surface area contributed by atoms with Crippen molar-refractivity contribution in [1.82, 2.24) is 24.8 Å². The van der Waals surface area contributed by atoms with Crippen LogP contribution in [-0.4, -0.2) is 54.0 Å². The summed E-state index contributed by atoms with van der Waals surface area (Å²) >= 11 is 1.20. The van der Waals surface area contributed by atoms with Gasteiger partial charge in [0.05, 0.1) is 0 Å². The second kappa shape index (κ2) is 8.28. The zero-order valence-corrected chi connectivity index (χ0v) is 16.3. The van der Waals surface area contributed by atoms with E-state index in [2.05, 4.69) is 19.9 Å². The van der Waals surface area contributed by atoms with Crippen molar-refractivity contribution in [2.45, 2.75) is 36.8 Å². The highest BCUT2D eigenvalue weighted by atomic mass is 32.2. The summed E-state index contributed by atoms with van der Waals surface area (Å²) in [6.07, 6.45) is 2.67. The average Bonchev–Trinajstić information content (AvgIpc) is 3.30. The Kier molecular flexibility index (Phi) is 6.05. The summed E-state index contributed by atoms with van der Waals surface area (Å²) in [5.74, 6) is 1.59. The number of nitrogens with one attached hydrogen (secondary N) is 2. The topological polar surface area (TPSA) is 108 Å². The van der Waals surface area contributed by atoms with Crippen LogP contribution in [-0.2, 0) is 21.2 Å². The number of aryl methyl sites for hydroxylation is 2. The lowest BCUT2D eigenvalue weighted by molar-refractivity contribution is -0.132. The molecule has 1 saturated heterocycles. The van der Waals surface area contributed by atoms with Gasteiger partial charge in [-0.2, -0.15) is 5.10 Å². The molecule has 2 aromatic heterocycles. The van der Waals surface area contributed by atoms with E-state index in [-0.39, 0.29) is 11.8 Å². The first-order chi connectivity index (χ1) is 12.4. The van der Waals surface area contributed by atoms with E-state index in [0.29, 0.717) is 36.0 Å². The standard InChI is InChI=1S/C16H23N5O3S2/c1-12-18-14(20-19-12)6-7-15(22)21-8-2-4-13(11-21)10-17-26(23,24)16-5-3-9-25-16/h3,5,9,13,17H,2,4,6-8,10-11H2,1H3,(H,18,19,20)/t13-/m0/s1. The van der Waals surface area contributed by atoms with Crippen LogP contribution in [0.1, 0.15) is 30.9 Å². The first-order valence-corrected chi connectivity index (χ1v) is 11.0. The van der Waals surface area contributed by atoms with Gasteiger partial charge in [-0.15, -0.1) is 11.3 Å². The number of aromatic amines is 1. The monoisotopic (exact) mass is 397 g/mol. The Morgan fingerprint density at radius 2 is 2.35 bits per heavy atom. The van der Waals surface area contributed by atoms with Crippen LogP contribution < -0.4 is 4.72 Å². The normalized spacial score (nSPS) is 18.2. The Labute approximate surface area is 157 Å². The van der Waals surface area contributed by atoms with Gasteiger partial charge in [-0.3, -0.25) is 9.89 Å². The molecule has 0 spiro atoms. The predicted octanol–water partition coefficient (Wildman–Crippen LogP) is 1.32. The van der Waals surface area contributed by atoms with Gasteiger partial charge in [-0.05, 0) is 37.1 Å². The van der Waals surface area contributed by atoms with Gasteiger partial charge < -0.3 is 4.90 Å². The Bertz CT molecular complexity index is 832. The maximum atomic E-state index is 12.4. The van der Waals surface area contributed by atoms with Crippen molar-refractivity contribution < 1.29 is 13.2 Å². The quantitative estimate of drug-likeness (QED) is 0.733. The maximum absolute atomic E-state index is 12.4. The van der Waals surface area contributed by atoms with Crippen LogP contribution in [0.4, 0.5) is 0 Å². The van der Waals surface area contributed by atoms with Crippen LogP contribution >= 0.6 is 11.3 Å². The lowest BCUT2D eigenvalue weighted by Crippen LogP contribution is -2.43. The number of H-pyrrole nitrogens is 1. The molecule has 142 valence electrons.